The largest absolute Gasteiger partial charge is 0.392 e. The maximum Gasteiger partial charge on any atom is 0.0843 e. The van der Waals surface area contributed by atoms with Gasteiger partial charge in [-0.3, -0.25) is 0 Å². The summed E-state index contributed by atoms with van der Waals surface area (Å²) in [5.74, 6) is 0. The lowest BCUT2D eigenvalue weighted by Gasteiger charge is -2.07. The van der Waals surface area contributed by atoms with Crippen molar-refractivity contribution in [3.8, 4) is 0 Å². The van der Waals surface area contributed by atoms with E-state index in [1.807, 2.05) is 6.92 Å². The second-order valence-electron chi connectivity index (χ2n) is 3.03. The number of hydrogen-bond donors (Lipinski definition) is 2. The predicted molar refractivity (Wildman–Crippen MR) is 67.7 cm³/mol. The fraction of sp³-hybridized carbons (Fsp3) is 0.556. The molecule has 0 radical (unpaired) electrons. The average Bonchev–Trinajstić information content (AvgIpc) is 2.46. The van der Waals surface area contributed by atoms with E-state index in [1.165, 1.54) is 4.88 Å². The lowest BCUT2D eigenvalue weighted by molar-refractivity contribution is 0.167. The summed E-state index contributed by atoms with van der Waals surface area (Å²) in [5, 5.41) is 12.5. The molecule has 5 heteroatoms. The molecule has 0 saturated carbocycles. The SMILES string of the molecule is CCC(O)CNCc1cc(Br)c(Br)s1. The highest BCUT2D eigenvalue weighted by Gasteiger charge is 2.04. The van der Waals surface area contributed by atoms with Crippen molar-refractivity contribution in [3.05, 3.63) is 19.2 Å². The first-order chi connectivity index (χ1) is 6.63. The van der Waals surface area contributed by atoms with Gasteiger partial charge in [0.25, 0.3) is 0 Å². The number of aliphatic hydroxyl groups is 1. The molecule has 2 N–H and O–H groups in total. The van der Waals surface area contributed by atoms with E-state index in [0.29, 0.717) is 6.54 Å². The van der Waals surface area contributed by atoms with E-state index >= 15 is 0 Å². The first-order valence-corrected chi connectivity index (χ1v) is 6.86. The molecule has 0 fully saturated rings. The standard InChI is InChI=1S/C9H13Br2NOS/c1-2-6(13)4-12-5-7-3-8(10)9(11)14-7/h3,6,12-13H,2,4-5H2,1H3. The van der Waals surface area contributed by atoms with Crippen LogP contribution in [0.25, 0.3) is 0 Å². The van der Waals surface area contributed by atoms with Crippen LogP contribution in [-0.4, -0.2) is 17.8 Å². The summed E-state index contributed by atoms with van der Waals surface area (Å²) in [5.41, 5.74) is 0. The van der Waals surface area contributed by atoms with Crippen molar-refractivity contribution in [3.63, 3.8) is 0 Å². The van der Waals surface area contributed by atoms with Crippen molar-refractivity contribution in [2.24, 2.45) is 0 Å². The number of thiophene rings is 1. The molecule has 1 aromatic heterocycles. The Morgan fingerprint density at radius 3 is 2.79 bits per heavy atom. The highest BCUT2D eigenvalue weighted by atomic mass is 79.9. The highest BCUT2D eigenvalue weighted by molar-refractivity contribution is 9.13. The second kappa shape index (κ2) is 6.23. The molecule has 80 valence electrons. The third kappa shape index (κ3) is 3.98. The quantitative estimate of drug-likeness (QED) is 0.861. The summed E-state index contributed by atoms with van der Waals surface area (Å²) in [7, 11) is 0. The number of rotatable bonds is 5. The molecule has 1 rings (SSSR count). The van der Waals surface area contributed by atoms with Gasteiger partial charge in [0, 0.05) is 22.4 Å². The lowest BCUT2D eigenvalue weighted by Crippen LogP contribution is -2.25. The van der Waals surface area contributed by atoms with Crippen LogP contribution in [0.5, 0.6) is 0 Å². The van der Waals surface area contributed by atoms with Crippen LogP contribution in [0.15, 0.2) is 14.3 Å². The maximum atomic E-state index is 9.32. The molecule has 2 nitrogen and oxygen atoms in total. The Bertz CT molecular complexity index is 271. The molecule has 0 spiro atoms. The average molecular weight is 343 g/mol. The zero-order valence-corrected chi connectivity index (χ0v) is 11.9. The number of nitrogens with one attached hydrogen (secondary N) is 1. The van der Waals surface area contributed by atoms with Gasteiger partial charge in [-0.25, -0.2) is 0 Å². The van der Waals surface area contributed by atoms with E-state index in [1.54, 1.807) is 11.3 Å². The lowest BCUT2D eigenvalue weighted by atomic mass is 10.3. The zero-order chi connectivity index (χ0) is 10.6. The Morgan fingerprint density at radius 2 is 2.29 bits per heavy atom. The van der Waals surface area contributed by atoms with Gasteiger partial charge in [0.15, 0.2) is 0 Å². The first-order valence-electron chi connectivity index (χ1n) is 4.46. The normalized spacial score (nSPS) is 13.1. The van der Waals surface area contributed by atoms with Crippen molar-refractivity contribution in [1.29, 1.82) is 0 Å². The third-order valence-corrected chi connectivity index (χ3v) is 5.10. The molecule has 0 aliphatic rings. The predicted octanol–water partition coefficient (Wildman–Crippen LogP) is 3.13. The molecular weight excluding hydrogens is 330 g/mol. The van der Waals surface area contributed by atoms with Crippen LogP contribution < -0.4 is 5.32 Å². The number of halogens is 2. The van der Waals surface area contributed by atoms with Crippen LogP contribution in [0.2, 0.25) is 0 Å². The van der Waals surface area contributed by atoms with Gasteiger partial charge in [-0.05, 0) is 44.3 Å². The van der Waals surface area contributed by atoms with Crippen molar-refractivity contribution in [1.82, 2.24) is 5.32 Å². The maximum absolute atomic E-state index is 9.32. The molecule has 1 aromatic rings. The van der Waals surface area contributed by atoms with Gasteiger partial charge >= 0.3 is 0 Å². The van der Waals surface area contributed by atoms with Gasteiger partial charge in [-0.15, -0.1) is 11.3 Å². The third-order valence-electron chi connectivity index (χ3n) is 1.85. The summed E-state index contributed by atoms with van der Waals surface area (Å²) in [6.45, 7) is 3.44. The Labute approximate surface area is 105 Å². The van der Waals surface area contributed by atoms with Crippen LogP contribution in [-0.2, 0) is 6.54 Å². The van der Waals surface area contributed by atoms with E-state index in [4.69, 9.17) is 0 Å². The van der Waals surface area contributed by atoms with Gasteiger partial charge in [0.2, 0.25) is 0 Å². The minimum atomic E-state index is -0.234. The van der Waals surface area contributed by atoms with Gasteiger partial charge < -0.3 is 10.4 Å². The molecule has 0 aliphatic heterocycles. The summed E-state index contributed by atoms with van der Waals surface area (Å²) in [4.78, 5) is 1.26. The van der Waals surface area contributed by atoms with Crippen LogP contribution in [0.4, 0.5) is 0 Å². The second-order valence-corrected chi connectivity index (χ2v) is 6.34. The monoisotopic (exact) mass is 341 g/mol. The molecule has 1 heterocycles. The fourth-order valence-corrected chi connectivity index (χ4v) is 3.13. The van der Waals surface area contributed by atoms with Crippen LogP contribution in [0.3, 0.4) is 0 Å². The van der Waals surface area contributed by atoms with Gasteiger partial charge in [-0.2, -0.15) is 0 Å². The Morgan fingerprint density at radius 1 is 1.57 bits per heavy atom. The molecular formula is C9H13Br2NOS. The number of hydrogen-bond acceptors (Lipinski definition) is 3. The molecule has 0 amide bonds. The van der Waals surface area contributed by atoms with Crippen LogP contribution in [0, 0.1) is 0 Å². The number of aliphatic hydroxyl groups excluding tert-OH is 1. The van der Waals surface area contributed by atoms with Gasteiger partial charge in [-0.1, -0.05) is 6.92 Å². The molecule has 0 saturated heterocycles. The molecule has 1 unspecified atom stereocenters. The first kappa shape index (κ1) is 12.6. The smallest absolute Gasteiger partial charge is 0.0843 e. The van der Waals surface area contributed by atoms with Crippen LogP contribution >= 0.6 is 43.2 Å². The van der Waals surface area contributed by atoms with E-state index < -0.39 is 0 Å². The van der Waals surface area contributed by atoms with Crippen molar-refractivity contribution in [2.45, 2.75) is 26.0 Å². The van der Waals surface area contributed by atoms with Gasteiger partial charge in [0.05, 0.1) is 9.89 Å². The van der Waals surface area contributed by atoms with E-state index in [9.17, 15) is 5.11 Å². The van der Waals surface area contributed by atoms with Crippen molar-refractivity contribution < 1.29 is 5.11 Å². The Kier molecular flexibility index (Phi) is 5.62. The summed E-state index contributed by atoms with van der Waals surface area (Å²) in [6.07, 6.45) is 0.562. The van der Waals surface area contributed by atoms with E-state index in [-0.39, 0.29) is 6.10 Å². The minimum Gasteiger partial charge on any atom is -0.392 e. The van der Waals surface area contributed by atoms with E-state index in [2.05, 4.69) is 43.2 Å². The Balaban J connectivity index is 2.31. The topological polar surface area (TPSA) is 32.3 Å². The van der Waals surface area contributed by atoms with Crippen molar-refractivity contribution in [2.75, 3.05) is 6.54 Å². The summed E-state index contributed by atoms with van der Waals surface area (Å²) >= 11 is 8.58. The molecule has 1 atom stereocenters. The van der Waals surface area contributed by atoms with Crippen molar-refractivity contribution >= 4 is 43.2 Å². The Hall–Kier alpha value is 0.580. The zero-order valence-electron chi connectivity index (χ0n) is 7.89. The molecule has 0 bridgehead atoms. The molecule has 14 heavy (non-hydrogen) atoms. The minimum absolute atomic E-state index is 0.234. The highest BCUT2D eigenvalue weighted by Crippen LogP contribution is 2.32. The van der Waals surface area contributed by atoms with Crippen LogP contribution in [0.1, 0.15) is 18.2 Å². The fourth-order valence-electron chi connectivity index (χ4n) is 0.985. The van der Waals surface area contributed by atoms with Gasteiger partial charge in [0.1, 0.15) is 0 Å². The molecule has 0 aliphatic carbocycles. The van der Waals surface area contributed by atoms with E-state index in [0.717, 1.165) is 21.2 Å². The summed E-state index contributed by atoms with van der Waals surface area (Å²) in [6, 6.07) is 2.08. The summed E-state index contributed by atoms with van der Waals surface area (Å²) < 4.78 is 2.21. The molecule has 0 aromatic carbocycles.